The number of carbonyl (C=O) groups excluding carboxylic acids is 4. The number of rotatable bonds is 4. The fourth-order valence-electron chi connectivity index (χ4n) is 2.51. The van der Waals surface area contributed by atoms with Gasteiger partial charge in [0.15, 0.2) is 6.61 Å². The lowest BCUT2D eigenvalue weighted by Crippen LogP contribution is -2.29. The fourth-order valence-corrected chi connectivity index (χ4v) is 2.81. The van der Waals surface area contributed by atoms with E-state index in [1.807, 2.05) is 0 Å². The number of hydrogen-bond donors (Lipinski definition) is 1. The van der Waals surface area contributed by atoms with Crippen molar-refractivity contribution in [3.63, 3.8) is 0 Å². The molecular formula is C18H12Cl2N2O5. The van der Waals surface area contributed by atoms with Gasteiger partial charge in [-0.1, -0.05) is 23.2 Å². The number of nitrogens with one attached hydrogen (secondary N) is 1. The van der Waals surface area contributed by atoms with Crippen molar-refractivity contribution in [1.29, 1.82) is 0 Å². The highest BCUT2D eigenvalue weighted by molar-refractivity contribution is 6.42. The van der Waals surface area contributed by atoms with Crippen molar-refractivity contribution in [2.24, 2.45) is 0 Å². The number of anilines is 1. The van der Waals surface area contributed by atoms with Gasteiger partial charge in [0.2, 0.25) is 0 Å². The first-order valence-corrected chi connectivity index (χ1v) is 8.44. The van der Waals surface area contributed by atoms with Crippen LogP contribution in [0, 0.1) is 0 Å². The van der Waals surface area contributed by atoms with Crippen LogP contribution < -0.4 is 10.2 Å². The highest BCUT2D eigenvalue weighted by Gasteiger charge is 2.37. The highest BCUT2D eigenvalue weighted by atomic mass is 35.5. The molecule has 0 spiro atoms. The molecule has 1 aliphatic heterocycles. The van der Waals surface area contributed by atoms with Crippen LogP contribution >= 0.6 is 23.2 Å². The number of nitrogens with zero attached hydrogens (tertiary/aromatic N) is 1. The van der Waals surface area contributed by atoms with Gasteiger partial charge in [-0.25, -0.2) is 9.69 Å². The van der Waals surface area contributed by atoms with E-state index >= 15 is 0 Å². The maximum atomic E-state index is 12.7. The number of benzene rings is 2. The number of esters is 1. The Labute approximate surface area is 163 Å². The quantitative estimate of drug-likeness (QED) is 0.622. The Morgan fingerprint density at radius 3 is 2.37 bits per heavy atom. The molecule has 0 unspecified atom stereocenters. The van der Waals surface area contributed by atoms with Crippen molar-refractivity contribution >= 4 is 52.6 Å². The van der Waals surface area contributed by atoms with Crippen LogP contribution in [0.1, 0.15) is 31.1 Å². The van der Waals surface area contributed by atoms with E-state index in [0.717, 1.165) is 4.90 Å². The molecule has 0 radical (unpaired) electrons. The summed E-state index contributed by atoms with van der Waals surface area (Å²) < 4.78 is 4.85. The molecule has 0 aromatic heterocycles. The van der Waals surface area contributed by atoms with Crippen LogP contribution in [-0.4, -0.2) is 37.3 Å². The van der Waals surface area contributed by atoms with E-state index < -0.39 is 30.3 Å². The number of imide groups is 1. The van der Waals surface area contributed by atoms with Gasteiger partial charge in [0.25, 0.3) is 17.7 Å². The first kappa shape index (κ1) is 18.9. The second-order valence-electron chi connectivity index (χ2n) is 5.55. The molecule has 2 aromatic carbocycles. The lowest BCUT2D eigenvalue weighted by molar-refractivity contribution is -0.123. The van der Waals surface area contributed by atoms with Crippen molar-refractivity contribution in [3.8, 4) is 0 Å². The Bertz CT molecular complexity index is 990. The number of carbonyl (C=O) groups is 4. The zero-order valence-corrected chi connectivity index (χ0v) is 15.4. The van der Waals surface area contributed by atoms with E-state index in [2.05, 4.69) is 5.32 Å². The molecule has 0 aliphatic carbocycles. The number of likely N-dealkylation sites (N-methyl/N-ethyl adjacent to an activating group) is 1. The summed E-state index contributed by atoms with van der Waals surface area (Å²) in [5.74, 6) is -2.40. The molecule has 1 heterocycles. The molecule has 1 aliphatic rings. The largest absolute Gasteiger partial charge is 0.452 e. The van der Waals surface area contributed by atoms with Gasteiger partial charge in [-0.2, -0.15) is 0 Å². The summed E-state index contributed by atoms with van der Waals surface area (Å²) in [4.78, 5) is 49.5. The summed E-state index contributed by atoms with van der Waals surface area (Å²) in [6.07, 6.45) is 0. The minimum absolute atomic E-state index is 0.0507. The van der Waals surface area contributed by atoms with Crippen LogP contribution in [-0.2, 0) is 9.53 Å². The molecule has 7 nitrogen and oxygen atoms in total. The summed E-state index contributed by atoms with van der Waals surface area (Å²) in [5.41, 5.74) is 0.517. The van der Waals surface area contributed by atoms with E-state index in [9.17, 15) is 19.2 Å². The topological polar surface area (TPSA) is 92.8 Å². The van der Waals surface area contributed by atoms with Gasteiger partial charge in [0.05, 0.1) is 32.4 Å². The Hall–Kier alpha value is -2.90. The van der Waals surface area contributed by atoms with E-state index in [0.29, 0.717) is 0 Å². The van der Waals surface area contributed by atoms with Gasteiger partial charge in [0.1, 0.15) is 0 Å². The molecule has 9 heteroatoms. The zero-order chi connectivity index (χ0) is 19.7. The average Bonchev–Trinajstić information content (AvgIpc) is 2.92. The third-order valence-electron chi connectivity index (χ3n) is 3.90. The van der Waals surface area contributed by atoms with Crippen molar-refractivity contribution in [2.45, 2.75) is 0 Å². The first-order valence-electron chi connectivity index (χ1n) is 7.69. The predicted octanol–water partition coefficient (Wildman–Crippen LogP) is 2.70. The van der Waals surface area contributed by atoms with Crippen molar-refractivity contribution in [3.05, 3.63) is 63.1 Å². The SMILES string of the molecule is CNC(=O)COC(=O)c1ccc2c(c1)C(=O)N(c1ccc(Cl)c(Cl)c1)C2=O. The lowest BCUT2D eigenvalue weighted by atomic mass is 10.1. The molecule has 3 amide bonds. The monoisotopic (exact) mass is 406 g/mol. The fraction of sp³-hybridized carbons (Fsp3) is 0.111. The van der Waals surface area contributed by atoms with Gasteiger partial charge < -0.3 is 10.1 Å². The average molecular weight is 407 g/mol. The summed E-state index contributed by atoms with van der Waals surface area (Å²) in [5, 5.41) is 2.81. The van der Waals surface area contributed by atoms with Crippen molar-refractivity contribution < 1.29 is 23.9 Å². The highest BCUT2D eigenvalue weighted by Crippen LogP contribution is 2.33. The minimum Gasteiger partial charge on any atom is -0.452 e. The van der Waals surface area contributed by atoms with E-state index in [-0.39, 0.29) is 32.4 Å². The molecule has 0 saturated carbocycles. The molecular weight excluding hydrogens is 395 g/mol. The summed E-state index contributed by atoms with van der Waals surface area (Å²) >= 11 is 11.8. The van der Waals surface area contributed by atoms with E-state index in [4.69, 9.17) is 27.9 Å². The Balaban J connectivity index is 1.89. The van der Waals surface area contributed by atoms with Gasteiger partial charge >= 0.3 is 5.97 Å². The van der Waals surface area contributed by atoms with Crippen LogP contribution in [0.3, 0.4) is 0 Å². The number of halogens is 2. The molecule has 2 aromatic rings. The Morgan fingerprint density at radius 2 is 1.70 bits per heavy atom. The molecule has 0 fully saturated rings. The maximum absolute atomic E-state index is 12.7. The first-order chi connectivity index (χ1) is 12.8. The van der Waals surface area contributed by atoms with Crippen LogP contribution in [0.5, 0.6) is 0 Å². The number of fused-ring (bicyclic) bond motifs is 1. The predicted molar refractivity (Wildman–Crippen MR) is 98.4 cm³/mol. The van der Waals surface area contributed by atoms with Crippen LogP contribution in [0.25, 0.3) is 0 Å². The third kappa shape index (κ3) is 3.51. The van der Waals surface area contributed by atoms with Gasteiger partial charge in [-0.3, -0.25) is 14.4 Å². The maximum Gasteiger partial charge on any atom is 0.338 e. The second kappa shape index (κ2) is 7.38. The molecule has 27 heavy (non-hydrogen) atoms. The van der Waals surface area contributed by atoms with Crippen LogP contribution in [0.15, 0.2) is 36.4 Å². The van der Waals surface area contributed by atoms with Crippen molar-refractivity contribution in [1.82, 2.24) is 5.32 Å². The van der Waals surface area contributed by atoms with Gasteiger partial charge in [-0.15, -0.1) is 0 Å². The smallest absolute Gasteiger partial charge is 0.338 e. The Morgan fingerprint density at radius 1 is 1.00 bits per heavy atom. The molecule has 1 N–H and O–H groups in total. The Kier molecular flexibility index (Phi) is 5.16. The zero-order valence-electron chi connectivity index (χ0n) is 13.9. The van der Waals surface area contributed by atoms with E-state index in [1.165, 1.54) is 43.4 Å². The minimum atomic E-state index is -0.783. The second-order valence-corrected chi connectivity index (χ2v) is 6.37. The molecule has 0 atom stereocenters. The molecule has 3 rings (SSSR count). The van der Waals surface area contributed by atoms with Crippen molar-refractivity contribution in [2.75, 3.05) is 18.6 Å². The molecule has 0 bridgehead atoms. The molecule has 0 saturated heterocycles. The van der Waals surface area contributed by atoms with Crippen LogP contribution in [0.4, 0.5) is 5.69 Å². The summed E-state index contributed by atoms with van der Waals surface area (Å²) in [6.45, 7) is -0.450. The van der Waals surface area contributed by atoms with Gasteiger partial charge in [-0.05, 0) is 36.4 Å². The standard InChI is InChI=1S/C18H12Cl2N2O5/c1-21-15(23)8-27-18(26)9-2-4-11-12(6-9)17(25)22(16(11)24)10-3-5-13(19)14(20)7-10/h2-7H,8H2,1H3,(H,21,23). The van der Waals surface area contributed by atoms with Crippen LogP contribution in [0.2, 0.25) is 10.0 Å². The number of hydrogen-bond acceptors (Lipinski definition) is 5. The number of ether oxygens (including phenoxy) is 1. The summed E-state index contributed by atoms with van der Waals surface area (Å²) in [7, 11) is 1.41. The van der Waals surface area contributed by atoms with Gasteiger partial charge in [0, 0.05) is 7.05 Å². The third-order valence-corrected chi connectivity index (χ3v) is 4.64. The normalized spacial score (nSPS) is 12.8. The number of amides is 3. The molecule has 138 valence electrons. The lowest BCUT2D eigenvalue weighted by Gasteiger charge is -2.14. The van der Waals surface area contributed by atoms with E-state index in [1.54, 1.807) is 0 Å². The summed E-state index contributed by atoms with van der Waals surface area (Å²) in [6, 6.07) is 8.36.